The monoisotopic (exact) mass is 375 g/mol. The molecule has 7 nitrogen and oxygen atoms in total. The van der Waals surface area contributed by atoms with Crippen LogP contribution in [0.5, 0.6) is 0 Å². The number of hydrogen-bond donors (Lipinski definition) is 0. The third-order valence-electron chi connectivity index (χ3n) is 4.46. The molecule has 1 saturated heterocycles. The molecule has 0 unspecified atom stereocenters. The van der Waals surface area contributed by atoms with Crippen LogP contribution in [0.2, 0.25) is 0 Å². The molecule has 2 amide bonds. The molecule has 0 aromatic carbocycles. The first-order chi connectivity index (χ1) is 12.2. The van der Waals surface area contributed by atoms with E-state index < -0.39 is 23.3 Å². The summed E-state index contributed by atoms with van der Waals surface area (Å²) in [7, 11) is 1.35. The predicted molar refractivity (Wildman–Crippen MR) is 88.5 cm³/mol. The number of carbonyl (C=O) groups excluding carboxylic acids is 2. The van der Waals surface area contributed by atoms with Crippen LogP contribution in [-0.4, -0.2) is 82.1 Å². The van der Waals surface area contributed by atoms with Crippen LogP contribution in [0.1, 0.15) is 29.9 Å². The summed E-state index contributed by atoms with van der Waals surface area (Å²) < 4.78 is 40.1. The molecule has 2 heterocycles. The van der Waals surface area contributed by atoms with Crippen molar-refractivity contribution in [1.82, 2.24) is 24.5 Å². The fourth-order valence-electron chi connectivity index (χ4n) is 3.00. The molecule has 0 aliphatic carbocycles. The number of likely N-dealkylation sites (N-methyl/N-ethyl adjacent to an activating group) is 1. The van der Waals surface area contributed by atoms with Crippen LogP contribution >= 0.6 is 0 Å². The van der Waals surface area contributed by atoms with Crippen LogP contribution in [0.25, 0.3) is 0 Å². The zero-order valence-electron chi connectivity index (χ0n) is 15.2. The van der Waals surface area contributed by atoms with Gasteiger partial charge in [-0.2, -0.15) is 18.3 Å². The molecular weight excluding hydrogens is 351 g/mol. The molecular formula is C16H24F3N5O2. The molecule has 2 rings (SSSR count). The van der Waals surface area contributed by atoms with Gasteiger partial charge in [0.05, 0.1) is 12.1 Å². The van der Waals surface area contributed by atoms with Gasteiger partial charge in [-0.1, -0.05) is 0 Å². The Kier molecular flexibility index (Phi) is 6.27. The Morgan fingerprint density at radius 3 is 2.23 bits per heavy atom. The van der Waals surface area contributed by atoms with E-state index in [0.29, 0.717) is 26.2 Å². The first kappa shape index (κ1) is 20.2. The fraction of sp³-hybridized carbons (Fsp3) is 0.688. The second kappa shape index (κ2) is 8.07. The average Bonchev–Trinajstić information content (AvgIpc) is 2.98. The lowest BCUT2D eigenvalue weighted by atomic mass is 10.2. The molecule has 0 N–H and O–H groups in total. The molecule has 0 atom stereocenters. The van der Waals surface area contributed by atoms with Gasteiger partial charge >= 0.3 is 6.18 Å². The van der Waals surface area contributed by atoms with Crippen molar-refractivity contribution in [3.63, 3.8) is 0 Å². The van der Waals surface area contributed by atoms with Crippen molar-refractivity contribution >= 4 is 11.8 Å². The van der Waals surface area contributed by atoms with E-state index in [1.54, 1.807) is 4.90 Å². The van der Waals surface area contributed by atoms with Gasteiger partial charge in [0.2, 0.25) is 5.91 Å². The quantitative estimate of drug-likeness (QED) is 0.772. The van der Waals surface area contributed by atoms with Crippen LogP contribution in [-0.2, 0) is 18.0 Å². The third-order valence-corrected chi connectivity index (χ3v) is 4.46. The summed E-state index contributed by atoms with van der Waals surface area (Å²) in [5.74, 6) is -0.665. The van der Waals surface area contributed by atoms with Crippen molar-refractivity contribution in [3.05, 3.63) is 17.5 Å². The van der Waals surface area contributed by atoms with Crippen molar-refractivity contribution in [1.29, 1.82) is 0 Å². The second-order valence-corrected chi connectivity index (χ2v) is 6.20. The van der Waals surface area contributed by atoms with Crippen molar-refractivity contribution in [2.45, 2.75) is 20.0 Å². The Balaban J connectivity index is 1.98. The van der Waals surface area contributed by atoms with Gasteiger partial charge in [0, 0.05) is 52.5 Å². The zero-order valence-corrected chi connectivity index (χ0v) is 15.2. The van der Waals surface area contributed by atoms with Crippen molar-refractivity contribution in [3.8, 4) is 0 Å². The Labute approximate surface area is 150 Å². The highest BCUT2D eigenvalue weighted by molar-refractivity contribution is 5.95. The zero-order chi connectivity index (χ0) is 19.5. The fourth-order valence-corrected chi connectivity index (χ4v) is 3.00. The summed E-state index contributed by atoms with van der Waals surface area (Å²) in [6.45, 7) is 6.77. The summed E-state index contributed by atoms with van der Waals surface area (Å²) >= 11 is 0. The first-order valence-corrected chi connectivity index (χ1v) is 8.57. The van der Waals surface area contributed by atoms with Gasteiger partial charge < -0.3 is 9.80 Å². The van der Waals surface area contributed by atoms with Crippen molar-refractivity contribution in [2.75, 3.05) is 45.8 Å². The summed E-state index contributed by atoms with van der Waals surface area (Å²) in [4.78, 5) is 29.6. The predicted octanol–water partition coefficient (Wildman–Crippen LogP) is 1.07. The minimum Gasteiger partial charge on any atom is -0.342 e. The number of alkyl halides is 3. The van der Waals surface area contributed by atoms with E-state index in [-0.39, 0.29) is 25.5 Å². The lowest BCUT2D eigenvalue weighted by Gasteiger charge is -2.35. The molecule has 146 valence electrons. The molecule has 0 radical (unpaired) electrons. The Morgan fingerprint density at radius 2 is 1.73 bits per heavy atom. The maximum absolute atomic E-state index is 13.0. The molecule has 1 fully saturated rings. The average molecular weight is 375 g/mol. The van der Waals surface area contributed by atoms with E-state index in [1.807, 2.05) is 18.7 Å². The van der Waals surface area contributed by atoms with Gasteiger partial charge in [-0.3, -0.25) is 19.2 Å². The summed E-state index contributed by atoms with van der Waals surface area (Å²) in [5, 5.41) is 3.37. The number of halogens is 3. The van der Waals surface area contributed by atoms with E-state index in [4.69, 9.17) is 0 Å². The van der Waals surface area contributed by atoms with Crippen LogP contribution in [0.15, 0.2) is 6.20 Å². The molecule has 26 heavy (non-hydrogen) atoms. The molecule has 1 aromatic rings. The summed E-state index contributed by atoms with van der Waals surface area (Å²) in [6.07, 6.45) is -3.58. The number of hydrogen-bond acceptors (Lipinski definition) is 4. The topological polar surface area (TPSA) is 61.7 Å². The SMILES string of the molecule is CCN(CC)C(=O)CN1CCN(C(=O)c2cn(C)nc2C(F)(F)F)CC1. The maximum atomic E-state index is 13.0. The Bertz CT molecular complexity index is 647. The summed E-state index contributed by atoms with van der Waals surface area (Å²) in [6, 6.07) is 0. The minimum absolute atomic E-state index is 0.0152. The van der Waals surface area contributed by atoms with E-state index in [0.717, 1.165) is 10.9 Å². The number of aryl methyl sites for hydroxylation is 1. The molecule has 1 aliphatic rings. The number of aromatic nitrogens is 2. The largest absolute Gasteiger partial charge is 0.435 e. The second-order valence-electron chi connectivity index (χ2n) is 6.20. The number of piperazine rings is 1. The van der Waals surface area contributed by atoms with Gasteiger partial charge in [0.25, 0.3) is 5.91 Å². The van der Waals surface area contributed by atoms with Crippen molar-refractivity contribution < 1.29 is 22.8 Å². The minimum atomic E-state index is -4.68. The van der Waals surface area contributed by atoms with Crippen LogP contribution < -0.4 is 0 Å². The molecule has 0 saturated carbocycles. The lowest BCUT2D eigenvalue weighted by molar-refractivity contribution is -0.142. The molecule has 1 aromatic heterocycles. The van der Waals surface area contributed by atoms with Crippen LogP contribution in [0, 0.1) is 0 Å². The van der Waals surface area contributed by atoms with Crippen molar-refractivity contribution in [2.24, 2.45) is 7.05 Å². The maximum Gasteiger partial charge on any atom is 0.435 e. The van der Waals surface area contributed by atoms with E-state index >= 15 is 0 Å². The summed E-state index contributed by atoms with van der Waals surface area (Å²) in [5.41, 5.74) is -1.60. The van der Waals surface area contributed by atoms with E-state index in [1.165, 1.54) is 11.9 Å². The normalized spacial score (nSPS) is 16.0. The number of nitrogens with zero attached hydrogens (tertiary/aromatic N) is 5. The Morgan fingerprint density at radius 1 is 1.15 bits per heavy atom. The lowest BCUT2D eigenvalue weighted by Crippen LogP contribution is -2.51. The number of rotatable bonds is 5. The van der Waals surface area contributed by atoms with E-state index in [9.17, 15) is 22.8 Å². The Hall–Kier alpha value is -2.10. The number of amides is 2. The van der Waals surface area contributed by atoms with Gasteiger partial charge in [-0.25, -0.2) is 0 Å². The van der Waals surface area contributed by atoms with E-state index in [2.05, 4.69) is 5.10 Å². The van der Waals surface area contributed by atoms with Crippen LogP contribution in [0.4, 0.5) is 13.2 Å². The van der Waals surface area contributed by atoms with Gasteiger partial charge in [-0.15, -0.1) is 0 Å². The smallest absolute Gasteiger partial charge is 0.342 e. The number of carbonyl (C=O) groups is 2. The third kappa shape index (κ3) is 4.54. The van der Waals surface area contributed by atoms with Gasteiger partial charge in [0.1, 0.15) is 0 Å². The highest BCUT2D eigenvalue weighted by Gasteiger charge is 2.40. The highest BCUT2D eigenvalue weighted by atomic mass is 19.4. The van der Waals surface area contributed by atoms with Gasteiger partial charge in [-0.05, 0) is 13.8 Å². The first-order valence-electron chi connectivity index (χ1n) is 8.57. The van der Waals surface area contributed by atoms with Gasteiger partial charge in [0.15, 0.2) is 5.69 Å². The van der Waals surface area contributed by atoms with Crippen LogP contribution in [0.3, 0.4) is 0 Å². The standard InChI is InChI=1S/C16H24F3N5O2/c1-4-23(5-2)13(25)11-22-6-8-24(9-7-22)15(26)12-10-21(3)20-14(12)16(17,18)19/h10H,4-9,11H2,1-3H3. The highest BCUT2D eigenvalue weighted by Crippen LogP contribution is 2.31. The molecule has 10 heteroatoms. The molecule has 1 aliphatic heterocycles. The molecule has 0 spiro atoms. The molecule has 0 bridgehead atoms.